The number of nitrogens with zero attached hydrogens (tertiary/aromatic N) is 5. The molecule has 0 saturated carbocycles. The van der Waals surface area contributed by atoms with Crippen LogP contribution in [0.4, 0.5) is 0 Å². The number of rotatable bonds is 4. The molecule has 7 nitrogen and oxygen atoms in total. The van der Waals surface area contributed by atoms with Gasteiger partial charge < -0.3 is 9.64 Å². The first-order valence-corrected chi connectivity index (χ1v) is 10.8. The topological polar surface area (TPSA) is 71.5 Å². The Hall–Kier alpha value is -1.90. The molecular weight excluding hydrogens is 374 g/mol. The summed E-state index contributed by atoms with van der Waals surface area (Å²) in [5.74, 6) is 0.665. The number of amides is 1. The van der Waals surface area contributed by atoms with Crippen molar-refractivity contribution in [3.63, 3.8) is 0 Å². The van der Waals surface area contributed by atoms with E-state index in [1.54, 1.807) is 18.5 Å². The van der Waals surface area contributed by atoms with Crippen molar-refractivity contribution in [2.75, 3.05) is 26.2 Å². The van der Waals surface area contributed by atoms with Crippen molar-refractivity contribution in [2.24, 2.45) is 0 Å². The van der Waals surface area contributed by atoms with E-state index < -0.39 is 0 Å². The lowest BCUT2D eigenvalue weighted by atomic mass is 10.1. The van der Waals surface area contributed by atoms with Crippen LogP contribution < -0.4 is 0 Å². The zero-order valence-corrected chi connectivity index (χ0v) is 17.5. The highest BCUT2D eigenvalue weighted by atomic mass is 32.1. The Labute approximate surface area is 169 Å². The second-order valence-electron chi connectivity index (χ2n) is 7.78. The smallest absolute Gasteiger partial charge is 0.266 e. The van der Waals surface area contributed by atoms with Gasteiger partial charge in [-0.25, -0.2) is 15.0 Å². The van der Waals surface area contributed by atoms with Crippen molar-refractivity contribution in [1.29, 1.82) is 0 Å². The number of aryl methyl sites for hydroxylation is 1. The molecule has 2 aliphatic heterocycles. The SMILES string of the molecule is Cc1nc(-c2ncccn2)sc1C(=O)N1CCCC1CN1CC(C)OC(C)C1. The van der Waals surface area contributed by atoms with Crippen LogP contribution in [0.25, 0.3) is 10.8 Å². The Balaban J connectivity index is 1.49. The van der Waals surface area contributed by atoms with E-state index in [1.165, 1.54) is 11.3 Å². The Morgan fingerprint density at radius 3 is 2.68 bits per heavy atom. The molecular formula is C20H27N5O2S. The highest BCUT2D eigenvalue weighted by Crippen LogP contribution is 2.29. The Morgan fingerprint density at radius 2 is 1.96 bits per heavy atom. The summed E-state index contributed by atoms with van der Waals surface area (Å²) in [6.07, 6.45) is 5.98. The molecule has 0 aliphatic carbocycles. The van der Waals surface area contributed by atoms with Crippen LogP contribution in [0.15, 0.2) is 18.5 Å². The summed E-state index contributed by atoms with van der Waals surface area (Å²) in [4.78, 5) is 31.6. The number of aromatic nitrogens is 3. The van der Waals surface area contributed by atoms with E-state index in [9.17, 15) is 4.79 Å². The maximum Gasteiger partial charge on any atom is 0.266 e. The summed E-state index contributed by atoms with van der Waals surface area (Å²) in [7, 11) is 0. The van der Waals surface area contributed by atoms with E-state index in [0.29, 0.717) is 15.7 Å². The minimum Gasteiger partial charge on any atom is -0.373 e. The van der Waals surface area contributed by atoms with Crippen LogP contribution >= 0.6 is 11.3 Å². The molecule has 2 fully saturated rings. The fraction of sp³-hybridized carbons (Fsp3) is 0.600. The van der Waals surface area contributed by atoms with Crippen LogP contribution in [0.5, 0.6) is 0 Å². The molecule has 150 valence electrons. The van der Waals surface area contributed by atoms with Gasteiger partial charge in [-0.1, -0.05) is 0 Å². The summed E-state index contributed by atoms with van der Waals surface area (Å²) in [6, 6.07) is 2.03. The third kappa shape index (κ3) is 4.09. The minimum absolute atomic E-state index is 0.0917. The third-order valence-electron chi connectivity index (χ3n) is 5.35. The minimum atomic E-state index is 0.0917. The van der Waals surface area contributed by atoms with Gasteiger partial charge in [0.05, 0.1) is 17.9 Å². The Bertz CT molecular complexity index is 817. The lowest BCUT2D eigenvalue weighted by Crippen LogP contribution is -2.50. The fourth-order valence-electron chi connectivity index (χ4n) is 4.25. The van der Waals surface area contributed by atoms with Gasteiger partial charge in [0.1, 0.15) is 4.88 Å². The molecule has 2 aliphatic rings. The van der Waals surface area contributed by atoms with Gasteiger partial charge in [-0.3, -0.25) is 9.69 Å². The van der Waals surface area contributed by atoms with Crippen LogP contribution in [-0.2, 0) is 4.74 Å². The van der Waals surface area contributed by atoms with Gasteiger partial charge in [0, 0.05) is 44.6 Å². The normalized spacial score (nSPS) is 26.0. The van der Waals surface area contributed by atoms with E-state index >= 15 is 0 Å². The first kappa shape index (κ1) is 19.4. The molecule has 0 radical (unpaired) electrons. The Morgan fingerprint density at radius 1 is 1.25 bits per heavy atom. The predicted molar refractivity (Wildman–Crippen MR) is 108 cm³/mol. The van der Waals surface area contributed by atoms with Gasteiger partial charge in [0.2, 0.25) is 0 Å². The quantitative estimate of drug-likeness (QED) is 0.784. The van der Waals surface area contributed by atoms with Gasteiger partial charge in [0.15, 0.2) is 10.8 Å². The molecule has 0 spiro atoms. The molecule has 4 heterocycles. The van der Waals surface area contributed by atoms with Crippen molar-refractivity contribution in [3.8, 4) is 10.8 Å². The molecule has 4 rings (SSSR count). The number of thiazole rings is 1. The van der Waals surface area contributed by atoms with Crippen LogP contribution in [0.2, 0.25) is 0 Å². The summed E-state index contributed by atoms with van der Waals surface area (Å²) in [5.41, 5.74) is 0.761. The van der Waals surface area contributed by atoms with Gasteiger partial charge in [0.25, 0.3) is 5.91 Å². The molecule has 1 amide bonds. The van der Waals surface area contributed by atoms with Gasteiger partial charge >= 0.3 is 0 Å². The number of likely N-dealkylation sites (tertiary alicyclic amines) is 1. The number of ether oxygens (including phenoxy) is 1. The summed E-state index contributed by atoms with van der Waals surface area (Å²) in [5, 5.41) is 0.702. The third-order valence-corrected chi connectivity index (χ3v) is 6.49. The molecule has 28 heavy (non-hydrogen) atoms. The zero-order chi connectivity index (χ0) is 19.7. The number of carbonyl (C=O) groups excluding carboxylic acids is 1. The molecule has 2 aromatic heterocycles. The molecule has 2 saturated heterocycles. The van der Waals surface area contributed by atoms with Crippen molar-refractivity contribution in [2.45, 2.75) is 51.9 Å². The van der Waals surface area contributed by atoms with Crippen LogP contribution in [0.3, 0.4) is 0 Å². The molecule has 0 N–H and O–H groups in total. The Kier molecular flexibility index (Phi) is 5.70. The maximum absolute atomic E-state index is 13.3. The number of hydrogen-bond acceptors (Lipinski definition) is 7. The van der Waals surface area contributed by atoms with Gasteiger partial charge in [-0.05, 0) is 39.7 Å². The molecule has 3 atom stereocenters. The molecule has 3 unspecified atom stereocenters. The molecule has 8 heteroatoms. The van der Waals surface area contributed by atoms with Crippen molar-refractivity contribution >= 4 is 17.2 Å². The van der Waals surface area contributed by atoms with E-state index in [-0.39, 0.29) is 24.2 Å². The average molecular weight is 402 g/mol. The monoisotopic (exact) mass is 401 g/mol. The standard InChI is InChI=1S/C20H27N5O2S/c1-13-10-24(11-14(2)27-13)12-16-6-4-9-25(16)20(26)17-15(3)23-19(28-17)18-21-7-5-8-22-18/h5,7-8,13-14,16H,4,6,9-12H2,1-3H3. The van der Waals surface area contributed by atoms with E-state index in [1.807, 2.05) is 11.8 Å². The summed E-state index contributed by atoms with van der Waals surface area (Å²) < 4.78 is 5.84. The zero-order valence-electron chi connectivity index (χ0n) is 16.7. The average Bonchev–Trinajstić information content (AvgIpc) is 3.28. The second-order valence-corrected chi connectivity index (χ2v) is 8.78. The first-order valence-electron chi connectivity index (χ1n) is 9.95. The van der Waals surface area contributed by atoms with Gasteiger partial charge in [-0.2, -0.15) is 0 Å². The van der Waals surface area contributed by atoms with Crippen molar-refractivity contribution < 1.29 is 9.53 Å². The van der Waals surface area contributed by atoms with Crippen molar-refractivity contribution in [3.05, 3.63) is 29.0 Å². The highest BCUT2D eigenvalue weighted by Gasteiger charge is 2.34. The maximum atomic E-state index is 13.3. The van der Waals surface area contributed by atoms with Crippen molar-refractivity contribution in [1.82, 2.24) is 24.8 Å². The molecule has 0 aromatic carbocycles. The van der Waals surface area contributed by atoms with Crippen LogP contribution in [-0.4, -0.2) is 75.1 Å². The summed E-state index contributed by atoms with van der Waals surface area (Å²) >= 11 is 1.40. The second kappa shape index (κ2) is 8.23. The largest absolute Gasteiger partial charge is 0.373 e. The lowest BCUT2D eigenvalue weighted by molar-refractivity contribution is -0.0715. The number of hydrogen-bond donors (Lipinski definition) is 0. The molecule has 0 bridgehead atoms. The van der Waals surface area contributed by atoms with Crippen LogP contribution in [0.1, 0.15) is 42.1 Å². The van der Waals surface area contributed by atoms with Crippen LogP contribution in [0, 0.1) is 6.92 Å². The van der Waals surface area contributed by atoms with Gasteiger partial charge in [-0.15, -0.1) is 11.3 Å². The van der Waals surface area contributed by atoms with E-state index in [4.69, 9.17) is 4.74 Å². The predicted octanol–water partition coefficient (Wildman–Crippen LogP) is 2.62. The first-order chi connectivity index (χ1) is 13.5. The van der Waals surface area contributed by atoms with E-state index in [0.717, 1.165) is 44.7 Å². The highest BCUT2D eigenvalue weighted by molar-refractivity contribution is 7.17. The number of carbonyl (C=O) groups is 1. The summed E-state index contributed by atoms with van der Waals surface area (Å²) in [6.45, 7) is 9.72. The van der Waals surface area contributed by atoms with E-state index in [2.05, 4.69) is 33.7 Å². The lowest BCUT2D eigenvalue weighted by Gasteiger charge is -2.38. The fourth-order valence-corrected chi connectivity index (χ4v) is 5.23. The number of morpholine rings is 1. The molecule has 2 aromatic rings.